The van der Waals surface area contributed by atoms with Crippen molar-refractivity contribution in [3.63, 3.8) is 0 Å². The van der Waals surface area contributed by atoms with Crippen LogP contribution in [0, 0.1) is 11.3 Å². The molecule has 0 aromatic carbocycles. The van der Waals surface area contributed by atoms with E-state index in [1.807, 2.05) is 0 Å². The van der Waals surface area contributed by atoms with E-state index in [9.17, 15) is 4.79 Å². The maximum absolute atomic E-state index is 12.4. The Morgan fingerprint density at radius 2 is 2.00 bits per heavy atom. The molecule has 0 aromatic rings. The molecule has 0 atom stereocenters. The summed E-state index contributed by atoms with van der Waals surface area (Å²) >= 11 is 0. The Labute approximate surface area is 110 Å². The molecule has 2 heterocycles. The average molecular weight is 254 g/mol. The second-order valence-electron chi connectivity index (χ2n) is 5.65. The topological polar surface area (TPSA) is 50.4 Å². The number of carbonyl (C=O) groups excluding carboxylic acids is 1. The van der Waals surface area contributed by atoms with Crippen molar-refractivity contribution in [2.24, 2.45) is 11.3 Å². The molecule has 104 valence electrons. The summed E-state index contributed by atoms with van der Waals surface area (Å²) in [4.78, 5) is 12.4. The summed E-state index contributed by atoms with van der Waals surface area (Å²) in [5.74, 6) is 0.885. The highest BCUT2D eigenvalue weighted by Crippen LogP contribution is 2.32. The Kier molecular flexibility index (Phi) is 5.01. The predicted molar refractivity (Wildman–Crippen MR) is 71.4 cm³/mol. The van der Waals surface area contributed by atoms with E-state index in [1.165, 1.54) is 0 Å². The van der Waals surface area contributed by atoms with E-state index >= 15 is 0 Å². The molecule has 0 aromatic heterocycles. The molecule has 2 aliphatic rings. The first-order chi connectivity index (χ1) is 8.77. The fraction of sp³-hybridized carbons (Fsp3) is 0.929. The zero-order chi connectivity index (χ0) is 12.8. The van der Waals surface area contributed by atoms with Crippen LogP contribution in [0.2, 0.25) is 0 Å². The van der Waals surface area contributed by atoms with Gasteiger partial charge in [-0.2, -0.15) is 0 Å². The van der Waals surface area contributed by atoms with Crippen molar-refractivity contribution < 1.29 is 9.53 Å². The molecular weight excluding hydrogens is 228 g/mol. The molecule has 2 saturated heterocycles. The van der Waals surface area contributed by atoms with Crippen molar-refractivity contribution in [2.75, 3.05) is 32.8 Å². The summed E-state index contributed by atoms with van der Waals surface area (Å²) in [5.41, 5.74) is -0.115. The largest absolute Gasteiger partial charge is 0.381 e. The second-order valence-corrected chi connectivity index (χ2v) is 5.65. The number of ether oxygens (including phenoxy) is 1. The first-order valence-corrected chi connectivity index (χ1v) is 7.33. The summed E-state index contributed by atoms with van der Waals surface area (Å²) in [6, 6.07) is 0. The van der Waals surface area contributed by atoms with Gasteiger partial charge in [0.05, 0.1) is 5.41 Å². The van der Waals surface area contributed by atoms with E-state index in [2.05, 4.69) is 17.6 Å². The first kappa shape index (κ1) is 13.8. The number of hydrogen-bond acceptors (Lipinski definition) is 3. The van der Waals surface area contributed by atoms with E-state index < -0.39 is 0 Å². The molecule has 0 aliphatic carbocycles. The van der Waals surface area contributed by atoms with E-state index in [4.69, 9.17) is 4.74 Å². The zero-order valence-corrected chi connectivity index (χ0v) is 11.5. The Morgan fingerprint density at radius 1 is 1.33 bits per heavy atom. The lowest BCUT2D eigenvalue weighted by Crippen LogP contribution is -2.48. The number of carbonyl (C=O) groups is 1. The Hall–Kier alpha value is -0.610. The monoisotopic (exact) mass is 254 g/mol. The van der Waals surface area contributed by atoms with Crippen LogP contribution in [0.1, 0.15) is 39.0 Å². The maximum atomic E-state index is 12.4. The van der Waals surface area contributed by atoms with Gasteiger partial charge in [-0.1, -0.05) is 6.92 Å². The number of amides is 1. The van der Waals surface area contributed by atoms with Crippen molar-refractivity contribution in [3.05, 3.63) is 0 Å². The normalized spacial score (nSPS) is 24.7. The molecule has 0 bridgehead atoms. The fourth-order valence-corrected chi connectivity index (χ4v) is 3.02. The Morgan fingerprint density at radius 3 is 2.61 bits per heavy atom. The number of piperidine rings is 1. The maximum Gasteiger partial charge on any atom is 0.226 e. The van der Waals surface area contributed by atoms with Crippen LogP contribution in [0.25, 0.3) is 0 Å². The highest BCUT2D eigenvalue weighted by atomic mass is 16.5. The van der Waals surface area contributed by atoms with Gasteiger partial charge in [0, 0.05) is 19.8 Å². The van der Waals surface area contributed by atoms with Gasteiger partial charge in [-0.15, -0.1) is 0 Å². The second kappa shape index (κ2) is 6.53. The minimum absolute atomic E-state index is 0.115. The van der Waals surface area contributed by atoms with Gasteiger partial charge in [-0.25, -0.2) is 0 Å². The van der Waals surface area contributed by atoms with Gasteiger partial charge in [0.15, 0.2) is 0 Å². The van der Waals surface area contributed by atoms with Crippen LogP contribution >= 0.6 is 0 Å². The lowest BCUT2D eigenvalue weighted by molar-refractivity contribution is -0.133. The fourth-order valence-electron chi connectivity index (χ4n) is 3.02. The molecule has 4 nitrogen and oxygen atoms in total. The summed E-state index contributed by atoms with van der Waals surface area (Å²) in [6.07, 6.45) is 5.07. The van der Waals surface area contributed by atoms with Crippen LogP contribution in [0.4, 0.5) is 0 Å². The van der Waals surface area contributed by atoms with Crippen LogP contribution in [0.5, 0.6) is 0 Å². The molecule has 0 unspecified atom stereocenters. The minimum atomic E-state index is -0.115. The van der Waals surface area contributed by atoms with Crippen LogP contribution in [-0.4, -0.2) is 38.8 Å². The average Bonchev–Trinajstić information content (AvgIpc) is 2.46. The van der Waals surface area contributed by atoms with Gasteiger partial charge in [-0.3, -0.25) is 4.79 Å². The van der Waals surface area contributed by atoms with Gasteiger partial charge < -0.3 is 15.4 Å². The van der Waals surface area contributed by atoms with Gasteiger partial charge in [0.2, 0.25) is 5.91 Å². The molecule has 0 radical (unpaired) electrons. The third-order valence-electron chi connectivity index (χ3n) is 4.61. The number of hydrogen-bond donors (Lipinski definition) is 2. The molecule has 0 spiro atoms. The minimum Gasteiger partial charge on any atom is -0.381 e. The zero-order valence-electron chi connectivity index (χ0n) is 11.5. The quantitative estimate of drug-likeness (QED) is 0.795. The van der Waals surface area contributed by atoms with Crippen LogP contribution in [0.3, 0.4) is 0 Å². The summed E-state index contributed by atoms with van der Waals surface area (Å²) in [7, 11) is 0. The molecule has 2 fully saturated rings. The van der Waals surface area contributed by atoms with Crippen molar-refractivity contribution in [3.8, 4) is 0 Å². The van der Waals surface area contributed by atoms with Crippen molar-refractivity contribution >= 4 is 5.91 Å². The van der Waals surface area contributed by atoms with Crippen LogP contribution in [0.15, 0.2) is 0 Å². The number of rotatable bonds is 4. The predicted octanol–water partition coefficient (Wildman–Crippen LogP) is 1.31. The van der Waals surface area contributed by atoms with Crippen molar-refractivity contribution in [1.29, 1.82) is 0 Å². The van der Waals surface area contributed by atoms with Crippen LogP contribution in [-0.2, 0) is 9.53 Å². The van der Waals surface area contributed by atoms with E-state index in [1.54, 1.807) is 0 Å². The van der Waals surface area contributed by atoms with E-state index in [-0.39, 0.29) is 11.3 Å². The van der Waals surface area contributed by atoms with Gasteiger partial charge in [-0.05, 0) is 51.1 Å². The highest BCUT2D eigenvalue weighted by molar-refractivity contribution is 5.82. The number of nitrogens with one attached hydrogen (secondary N) is 2. The SMILES string of the molecule is CCC1(C(=O)NCC2CCOCC2)CCNCC1. The summed E-state index contributed by atoms with van der Waals surface area (Å²) in [5, 5.41) is 6.53. The van der Waals surface area contributed by atoms with Crippen molar-refractivity contribution in [1.82, 2.24) is 10.6 Å². The van der Waals surface area contributed by atoms with Crippen LogP contribution < -0.4 is 10.6 Å². The Bertz CT molecular complexity index is 269. The molecular formula is C14H26N2O2. The van der Waals surface area contributed by atoms with E-state index in [0.29, 0.717) is 5.92 Å². The summed E-state index contributed by atoms with van der Waals surface area (Å²) < 4.78 is 5.34. The third kappa shape index (κ3) is 3.23. The smallest absolute Gasteiger partial charge is 0.226 e. The van der Waals surface area contributed by atoms with E-state index in [0.717, 1.165) is 65.0 Å². The molecule has 2 N–H and O–H groups in total. The van der Waals surface area contributed by atoms with Gasteiger partial charge in [0.25, 0.3) is 0 Å². The lowest BCUT2D eigenvalue weighted by Gasteiger charge is -2.36. The third-order valence-corrected chi connectivity index (χ3v) is 4.61. The molecule has 2 aliphatic heterocycles. The first-order valence-electron chi connectivity index (χ1n) is 7.33. The highest BCUT2D eigenvalue weighted by Gasteiger charge is 2.37. The molecule has 4 heteroatoms. The molecule has 2 rings (SSSR count). The van der Waals surface area contributed by atoms with Crippen molar-refractivity contribution in [2.45, 2.75) is 39.0 Å². The molecule has 18 heavy (non-hydrogen) atoms. The Balaban J connectivity index is 1.81. The van der Waals surface area contributed by atoms with Gasteiger partial charge in [0.1, 0.15) is 0 Å². The standard InChI is InChI=1S/C14H26N2O2/c1-2-14(5-7-15-8-6-14)13(17)16-11-12-3-9-18-10-4-12/h12,15H,2-11H2,1H3,(H,16,17). The van der Waals surface area contributed by atoms with Gasteiger partial charge >= 0.3 is 0 Å². The molecule has 0 saturated carbocycles. The lowest BCUT2D eigenvalue weighted by atomic mass is 9.75. The summed E-state index contributed by atoms with van der Waals surface area (Å²) in [6.45, 7) is 6.61. The molecule has 1 amide bonds.